The molecule has 2 aromatic heterocycles. The summed E-state index contributed by atoms with van der Waals surface area (Å²) in [5, 5.41) is 8.06. The van der Waals surface area contributed by atoms with Crippen LogP contribution in [0.2, 0.25) is 0 Å². The number of hydrogen-bond acceptors (Lipinski definition) is 4. The largest absolute Gasteiger partial charge is 0.416 e. The van der Waals surface area contributed by atoms with E-state index in [2.05, 4.69) is 15.2 Å². The van der Waals surface area contributed by atoms with E-state index in [1.807, 2.05) is 19.2 Å². The standard InChI is InChI=1S/C23H16F3N5O/c1-30-13-28-29-21(30)18-11-27-9-8-16(18)14-4-2-5-15(10-14)31-12-19-17(22(31)32)6-3-7-20(19)23(24,25)26/h2-11,13H,12H2,1H3. The van der Waals surface area contributed by atoms with Crippen molar-refractivity contribution in [3.05, 3.63) is 83.9 Å². The van der Waals surface area contributed by atoms with Crippen LogP contribution >= 0.6 is 0 Å². The van der Waals surface area contributed by atoms with E-state index in [1.54, 1.807) is 41.5 Å². The van der Waals surface area contributed by atoms with E-state index in [0.717, 1.165) is 22.8 Å². The van der Waals surface area contributed by atoms with Gasteiger partial charge in [-0.15, -0.1) is 10.2 Å². The summed E-state index contributed by atoms with van der Waals surface area (Å²) in [5.41, 5.74) is 2.16. The number of hydrogen-bond donors (Lipinski definition) is 0. The Morgan fingerprint density at radius 3 is 2.56 bits per heavy atom. The van der Waals surface area contributed by atoms with Gasteiger partial charge in [0.05, 0.1) is 12.1 Å². The van der Waals surface area contributed by atoms with Crippen molar-refractivity contribution in [3.63, 3.8) is 0 Å². The predicted molar refractivity (Wildman–Crippen MR) is 112 cm³/mol. The number of halogens is 3. The number of pyridine rings is 1. The van der Waals surface area contributed by atoms with Crippen molar-refractivity contribution in [2.45, 2.75) is 12.7 Å². The number of benzene rings is 2. The molecule has 0 spiro atoms. The smallest absolute Gasteiger partial charge is 0.317 e. The van der Waals surface area contributed by atoms with Crippen LogP contribution in [-0.2, 0) is 19.8 Å². The zero-order valence-corrected chi connectivity index (χ0v) is 16.8. The number of carbonyl (C=O) groups is 1. The first-order valence-corrected chi connectivity index (χ1v) is 9.74. The number of carbonyl (C=O) groups excluding carboxylic acids is 1. The Morgan fingerprint density at radius 2 is 1.81 bits per heavy atom. The highest BCUT2D eigenvalue weighted by molar-refractivity contribution is 6.10. The molecule has 0 atom stereocenters. The summed E-state index contributed by atoms with van der Waals surface area (Å²) >= 11 is 0. The number of aryl methyl sites for hydroxylation is 1. The second-order valence-corrected chi connectivity index (χ2v) is 7.46. The van der Waals surface area contributed by atoms with Crippen LogP contribution in [0.4, 0.5) is 18.9 Å². The molecular formula is C23H16F3N5O. The first kappa shape index (κ1) is 19.9. The van der Waals surface area contributed by atoms with Crippen LogP contribution in [-0.4, -0.2) is 25.7 Å². The van der Waals surface area contributed by atoms with Gasteiger partial charge in [0, 0.05) is 36.3 Å². The SMILES string of the molecule is Cn1cnnc1-c1cnccc1-c1cccc(N2Cc3c(cccc3C(F)(F)F)C2=O)c1. The Hall–Kier alpha value is -4.01. The van der Waals surface area contributed by atoms with Crippen LogP contribution in [0.15, 0.2) is 67.3 Å². The molecule has 1 amide bonds. The Kier molecular flexibility index (Phi) is 4.54. The molecule has 0 fully saturated rings. The van der Waals surface area contributed by atoms with Gasteiger partial charge in [-0.1, -0.05) is 18.2 Å². The summed E-state index contributed by atoms with van der Waals surface area (Å²) < 4.78 is 42.1. The minimum absolute atomic E-state index is 0.000845. The van der Waals surface area contributed by atoms with E-state index in [1.165, 1.54) is 17.0 Å². The summed E-state index contributed by atoms with van der Waals surface area (Å²) in [4.78, 5) is 18.5. The topological polar surface area (TPSA) is 63.9 Å². The van der Waals surface area contributed by atoms with Crippen LogP contribution in [0.1, 0.15) is 21.5 Å². The zero-order valence-electron chi connectivity index (χ0n) is 16.8. The Morgan fingerprint density at radius 1 is 1.00 bits per heavy atom. The van der Waals surface area contributed by atoms with Gasteiger partial charge in [-0.25, -0.2) is 0 Å². The molecule has 1 aliphatic heterocycles. The van der Waals surface area contributed by atoms with Gasteiger partial charge in [0.15, 0.2) is 5.82 Å². The third-order valence-corrected chi connectivity index (χ3v) is 5.52. The Labute approximate surface area is 181 Å². The number of rotatable bonds is 3. The highest BCUT2D eigenvalue weighted by atomic mass is 19.4. The van der Waals surface area contributed by atoms with Crippen LogP contribution < -0.4 is 4.90 Å². The van der Waals surface area contributed by atoms with Gasteiger partial charge in [-0.2, -0.15) is 13.2 Å². The van der Waals surface area contributed by atoms with E-state index in [9.17, 15) is 18.0 Å². The van der Waals surface area contributed by atoms with Gasteiger partial charge in [0.1, 0.15) is 6.33 Å². The van der Waals surface area contributed by atoms with Crippen molar-refractivity contribution in [2.75, 3.05) is 4.90 Å². The molecule has 0 saturated heterocycles. The molecule has 1 aliphatic rings. The fourth-order valence-corrected chi connectivity index (χ4v) is 4.00. The van der Waals surface area contributed by atoms with Crippen molar-refractivity contribution < 1.29 is 18.0 Å². The van der Waals surface area contributed by atoms with E-state index < -0.39 is 17.6 Å². The van der Waals surface area contributed by atoms with Gasteiger partial charge in [-0.3, -0.25) is 9.78 Å². The lowest BCUT2D eigenvalue weighted by molar-refractivity contribution is -0.138. The first-order chi connectivity index (χ1) is 15.3. The molecule has 5 rings (SSSR count). The molecule has 160 valence electrons. The molecular weight excluding hydrogens is 419 g/mol. The van der Waals surface area contributed by atoms with Gasteiger partial charge >= 0.3 is 6.18 Å². The lowest BCUT2D eigenvalue weighted by Gasteiger charge is -2.18. The maximum absolute atomic E-state index is 13.4. The van der Waals surface area contributed by atoms with E-state index in [0.29, 0.717) is 11.5 Å². The second kappa shape index (κ2) is 7.30. The van der Waals surface area contributed by atoms with Gasteiger partial charge < -0.3 is 9.47 Å². The zero-order chi connectivity index (χ0) is 22.5. The highest BCUT2D eigenvalue weighted by Gasteiger charge is 2.39. The quantitative estimate of drug-likeness (QED) is 0.467. The predicted octanol–water partition coefficient (Wildman–Crippen LogP) is 4.72. The number of aromatic nitrogens is 4. The third-order valence-electron chi connectivity index (χ3n) is 5.52. The Bertz CT molecular complexity index is 1350. The van der Waals surface area contributed by atoms with Gasteiger partial charge in [0.25, 0.3) is 5.91 Å². The monoisotopic (exact) mass is 435 g/mol. The molecule has 0 N–H and O–H groups in total. The van der Waals surface area contributed by atoms with Crippen LogP contribution in [0.5, 0.6) is 0 Å². The molecule has 0 radical (unpaired) electrons. The second-order valence-electron chi connectivity index (χ2n) is 7.46. The number of anilines is 1. The molecule has 32 heavy (non-hydrogen) atoms. The molecule has 0 aliphatic carbocycles. The van der Waals surface area contributed by atoms with Crippen molar-refractivity contribution in [3.8, 4) is 22.5 Å². The fraction of sp³-hybridized carbons (Fsp3) is 0.130. The van der Waals surface area contributed by atoms with Crippen molar-refractivity contribution in [1.29, 1.82) is 0 Å². The van der Waals surface area contributed by atoms with Gasteiger partial charge in [-0.05, 0) is 47.0 Å². The van der Waals surface area contributed by atoms with E-state index >= 15 is 0 Å². The number of alkyl halides is 3. The number of nitrogens with zero attached hydrogens (tertiary/aromatic N) is 5. The summed E-state index contributed by atoms with van der Waals surface area (Å²) in [5.74, 6) is 0.171. The third kappa shape index (κ3) is 3.22. The molecule has 4 aromatic rings. The van der Waals surface area contributed by atoms with Crippen LogP contribution in [0, 0.1) is 0 Å². The molecule has 0 bridgehead atoms. The van der Waals surface area contributed by atoms with Crippen molar-refractivity contribution in [1.82, 2.24) is 19.7 Å². The Balaban J connectivity index is 1.56. The van der Waals surface area contributed by atoms with Crippen molar-refractivity contribution in [2.24, 2.45) is 7.05 Å². The summed E-state index contributed by atoms with van der Waals surface area (Å²) in [6.45, 7) is -0.139. The molecule has 0 unspecified atom stereocenters. The van der Waals surface area contributed by atoms with Gasteiger partial charge in [0.2, 0.25) is 0 Å². The van der Waals surface area contributed by atoms with Crippen LogP contribution in [0.25, 0.3) is 22.5 Å². The van der Waals surface area contributed by atoms with E-state index in [4.69, 9.17) is 0 Å². The summed E-state index contributed by atoms with van der Waals surface area (Å²) in [7, 11) is 1.82. The van der Waals surface area contributed by atoms with Crippen molar-refractivity contribution >= 4 is 11.6 Å². The normalized spacial score (nSPS) is 13.5. The summed E-state index contributed by atoms with van der Waals surface area (Å²) in [6, 6.07) is 12.7. The maximum atomic E-state index is 13.4. The average molecular weight is 435 g/mol. The lowest BCUT2D eigenvalue weighted by atomic mass is 10.0. The lowest BCUT2D eigenvalue weighted by Crippen LogP contribution is -2.23. The average Bonchev–Trinajstić information content (AvgIpc) is 3.36. The first-order valence-electron chi connectivity index (χ1n) is 9.74. The molecule has 9 heteroatoms. The minimum atomic E-state index is -4.52. The maximum Gasteiger partial charge on any atom is 0.416 e. The molecule has 6 nitrogen and oxygen atoms in total. The number of fused-ring (bicyclic) bond motifs is 1. The molecule has 2 aromatic carbocycles. The fourth-order valence-electron chi connectivity index (χ4n) is 4.00. The number of amides is 1. The summed E-state index contributed by atoms with van der Waals surface area (Å²) in [6.07, 6.45) is 0.388. The highest BCUT2D eigenvalue weighted by Crippen LogP contribution is 2.39. The molecule has 0 saturated carbocycles. The van der Waals surface area contributed by atoms with E-state index in [-0.39, 0.29) is 17.7 Å². The van der Waals surface area contributed by atoms with Crippen LogP contribution in [0.3, 0.4) is 0 Å². The minimum Gasteiger partial charge on any atom is -0.317 e. The molecule has 3 heterocycles.